The number of anilines is 2. The zero-order valence-electron chi connectivity index (χ0n) is 20.6. The highest BCUT2D eigenvalue weighted by Gasteiger charge is 2.20. The van der Waals surface area contributed by atoms with Crippen LogP contribution in [0.4, 0.5) is 11.6 Å². The lowest BCUT2D eigenvalue weighted by atomic mass is 9.93. The van der Waals surface area contributed by atoms with Gasteiger partial charge in [-0.05, 0) is 42.3 Å². The topological polar surface area (TPSA) is 96.6 Å². The summed E-state index contributed by atoms with van der Waals surface area (Å²) in [5.74, 6) is 2.85. The summed E-state index contributed by atoms with van der Waals surface area (Å²) in [5, 5.41) is 11.4. The second-order valence-corrected chi connectivity index (χ2v) is 8.80. The molecule has 0 aliphatic carbocycles. The molecule has 190 valence electrons. The van der Waals surface area contributed by atoms with Gasteiger partial charge in [-0.1, -0.05) is 36.4 Å². The van der Waals surface area contributed by atoms with Crippen LogP contribution in [0.25, 0.3) is 0 Å². The first-order chi connectivity index (χ1) is 18.3. The van der Waals surface area contributed by atoms with Crippen molar-refractivity contribution in [3.8, 4) is 5.88 Å². The normalized spacial score (nSPS) is 14.3. The Kier molecular flexibility index (Phi) is 7.90. The molecule has 4 aromatic rings. The van der Waals surface area contributed by atoms with E-state index in [1.54, 1.807) is 12.3 Å². The molecule has 37 heavy (non-hydrogen) atoms. The number of hydrogen-bond acceptors (Lipinski definition) is 8. The number of nitrogens with one attached hydrogen (secondary N) is 1. The summed E-state index contributed by atoms with van der Waals surface area (Å²) in [7, 11) is 0. The SMILES string of the molecule is O=C(COc1ccc(N2CCN(c3ccccn3)CC2)nn1)NCCC(c1ccccc1)c1ccco1. The molecule has 1 fully saturated rings. The van der Waals surface area contributed by atoms with Crippen LogP contribution in [0.5, 0.6) is 5.88 Å². The first-order valence-corrected chi connectivity index (χ1v) is 12.5. The quantitative estimate of drug-likeness (QED) is 0.355. The Morgan fingerprint density at radius 3 is 2.35 bits per heavy atom. The number of hydrogen-bond donors (Lipinski definition) is 1. The first-order valence-electron chi connectivity index (χ1n) is 12.5. The molecule has 1 N–H and O–H groups in total. The van der Waals surface area contributed by atoms with Crippen molar-refractivity contribution in [2.24, 2.45) is 0 Å². The van der Waals surface area contributed by atoms with Gasteiger partial charge in [-0.25, -0.2) is 4.98 Å². The van der Waals surface area contributed by atoms with E-state index in [0.717, 1.165) is 49.1 Å². The Bertz CT molecular complexity index is 1230. The molecule has 5 rings (SSSR count). The number of carbonyl (C=O) groups is 1. The zero-order chi connectivity index (χ0) is 25.3. The minimum Gasteiger partial charge on any atom is -0.469 e. The van der Waals surface area contributed by atoms with Crippen LogP contribution in [0, 0.1) is 0 Å². The molecule has 0 saturated carbocycles. The highest BCUT2D eigenvalue weighted by Crippen LogP contribution is 2.27. The molecule has 4 heterocycles. The number of aromatic nitrogens is 3. The lowest BCUT2D eigenvalue weighted by Crippen LogP contribution is -2.47. The van der Waals surface area contributed by atoms with Crippen LogP contribution in [0.15, 0.2) is 89.7 Å². The maximum Gasteiger partial charge on any atom is 0.258 e. The fourth-order valence-corrected chi connectivity index (χ4v) is 4.46. The predicted molar refractivity (Wildman–Crippen MR) is 141 cm³/mol. The number of amides is 1. The van der Waals surface area contributed by atoms with Gasteiger partial charge in [-0.3, -0.25) is 4.79 Å². The summed E-state index contributed by atoms with van der Waals surface area (Å²) in [6.07, 6.45) is 4.20. The summed E-state index contributed by atoms with van der Waals surface area (Å²) in [4.78, 5) is 21.2. The average molecular weight is 499 g/mol. The van der Waals surface area contributed by atoms with Crippen molar-refractivity contribution >= 4 is 17.5 Å². The minimum absolute atomic E-state index is 0.0710. The number of pyridine rings is 1. The van der Waals surface area contributed by atoms with E-state index in [-0.39, 0.29) is 18.4 Å². The molecular weight excluding hydrogens is 468 g/mol. The summed E-state index contributed by atoms with van der Waals surface area (Å²) in [5.41, 5.74) is 1.15. The lowest BCUT2D eigenvalue weighted by molar-refractivity contribution is -0.123. The van der Waals surface area contributed by atoms with Gasteiger partial charge in [0.05, 0.1) is 6.26 Å². The number of carbonyl (C=O) groups excluding carboxylic acids is 1. The summed E-state index contributed by atoms with van der Waals surface area (Å²) in [6.45, 7) is 3.76. The van der Waals surface area contributed by atoms with Gasteiger partial charge in [0.1, 0.15) is 11.6 Å². The number of rotatable bonds is 10. The molecular formula is C28H30N6O3. The highest BCUT2D eigenvalue weighted by atomic mass is 16.5. The molecule has 1 aliphatic heterocycles. The standard InChI is InChI=1S/C28H30N6O3/c35-27(30-15-13-23(24-9-6-20-36-24)22-7-2-1-3-8-22)21-37-28-12-11-26(31-32-28)34-18-16-33(17-19-34)25-10-4-5-14-29-25/h1-12,14,20,23H,13,15-19,21H2,(H,30,35). The van der Waals surface area contributed by atoms with Crippen LogP contribution < -0.4 is 19.9 Å². The van der Waals surface area contributed by atoms with Crippen LogP contribution in [0.3, 0.4) is 0 Å². The largest absolute Gasteiger partial charge is 0.469 e. The lowest BCUT2D eigenvalue weighted by Gasteiger charge is -2.35. The van der Waals surface area contributed by atoms with Crippen LogP contribution in [0.2, 0.25) is 0 Å². The van der Waals surface area contributed by atoms with E-state index in [1.807, 2.05) is 60.8 Å². The van der Waals surface area contributed by atoms with Crippen molar-refractivity contribution in [3.63, 3.8) is 0 Å². The van der Waals surface area contributed by atoms with Gasteiger partial charge in [0.25, 0.3) is 5.91 Å². The van der Waals surface area contributed by atoms with Crippen molar-refractivity contribution in [2.45, 2.75) is 12.3 Å². The second-order valence-electron chi connectivity index (χ2n) is 8.80. The number of furan rings is 1. The molecule has 0 bridgehead atoms. The van der Waals surface area contributed by atoms with E-state index in [4.69, 9.17) is 9.15 Å². The van der Waals surface area contributed by atoms with Gasteiger partial charge in [-0.2, -0.15) is 0 Å². The second kappa shape index (κ2) is 12.0. The summed E-state index contributed by atoms with van der Waals surface area (Å²) >= 11 is 0. The molecule has 1 unspecified atom stereocenters. The van der Waals surface area contributed by atoms with E-state index in [2.05, 4.69) is 42.4 Å². The van der Waals surface area contributed by atoms with E-state index < -0.39 is 0 Å². The highest BCUT2D eigenvalue weighted by molar-refractivity contribution is 5.77. The summed E-state index contributed by atoms with van der Waals surface area (Å²) in [6, 6.07) is 23.6. The van der Waals surface area contributed by atoms with E-state index >= 15 is 0 Å². The molecule has 1 saturated heterocycles. The van der Waals surface area contributed by atoms with E-state index in [9.17, 15) is 4.79 Å². The molecule has 9 heteroatoms. The number of nitrogens with zero attached hydrogens (tertiary/aromatic N) is 5. The third-order valence-corrected chi connectivity index (χ3v) is 6.40. The molecule has 1 amide bonds. The van der Waals surface area contributed by atoms with Gasteiger partial charge in [-0.15, -0.1) is 10.2 Å². The molecule has 1 aromatic carbocycles. The van der Waals surface area contributed by atoms with Crippen molar-refractivity contribution in [3.05, 3.63) is 96.6 Å². The summed E-state index contributed by atoms with van der Waals surface area (Å²) < 4.78 is 11.2. The van der Waals surface area contributed by atoms with Crippen molar-refractivity contribution in [1.29, 1.82) is 0 Å². The predicted octanol–water partition coefficient (Wildman–Crippen LogP) is 3.51. The molecule has 3 aromatic heterocycles. The van der Waals surface area contributed by atoms with E-state index in [1.165, 1.54) is 0 Å². The van der Waals surface area contributed by atoms with Crippen molar-refractivity contribution in [2.75, 3.05) is 49.1 Å². The van der Waals surface area contributed by atoms with Gasteiger partial charge >= 0.3 is 0 Å². The Labute approximate surface area is 216 Å². The monoisotopic (exact) mass is 498 g/mol. The Morgan fingerprint density at radius 2 is 1.68 bits per heavy atom. The number of ether oxygens (including phenoxy) is 1. The van der Waals surface area contributed by atoms with Crippen LogP contribution in [0.1, 0.15) is 23.7 Å². The number of piperazine rings is 1. The Hall–Kier alpha value is -4.40. The number of benzene rings is 1. The molecule has 1 atom stereocenters. The van der Waals surface area contributed by atoms with Crippen LogP contribution >= 0.6 is 0 Å². The fourth-order valence-electron chi connectivity index (χ4n) is 4.46. The molecule has 9 nitrogen and oxygen atoms in total. The minimum atomic E-state index is -0.206. The zero-order valence-corrected chi connectivity index (χ0v) is 20.6. The average Bonchev–Trinajstić information content (AvgIpc) is 3.50. The molecule has 0 radical (unpaired) electrons. The maximum atomic E-state index is 12.4. The van der Waals surface area contributed by atoms with E-state index in [0.29, 0.717) is 18.8 Å². The fraction of sp³-hybridized carbons (Fsp3) is 0.286. The smallest absolute Gasteiger partial charge is 0.258 e. The van der Waals surface area contributed by atoms with Gasteiger partial charge in [0.2, 0.25) is 5.88 Å². The third-order valence-electron chi connectivity index (χ3n) is 6.40. The Morgan fingerprint density at radius 1 is 0.892 bits per heavy atom. The Balaban J connectivity index is 1.06. The van der Waals surface area contributed by atoms with Gasteiger partial charge in [0, 0.05) is 50.9 Å². The van der Waals surface area contributed by atoms with Gasteiger partial charge in [0.15, 0.2) is 12.4 Å². The molecule has 0 spiro atoms. The first kappa shape index (κ1) is 24.3. The third kappa shape index (κ3) is 6.43. The van der Waals surface area contributed by atoms with Crippen molar-refractivity contribution < 1.29 is 13.9 Å². The van der Waals surface area contributed by atoms with Gasteiger partial charge < -0.3 is 24.3 Å². The van der Waals surface area contributed by atoms with Crippen molar-refractivity contribution in [1.82, 2.24) is 20.5 Å². The maximum absolute atomic E-state index is 12.4. The molecule has 1 aliphatic rings. The van der Waals surface area contributed by atoms with Crippen LogP contribution in [-0.2, 0) is 4.79 Å². The van der Waals surface area contributed by atoms with Crippen LogP contribution in [-0.4, -0.2) is 60.4 Å².